The predicted molar refractivity (Wildman–Crippen MR) is 135 cm³/mol. The summed E-state index contributed by atoms with van der Waals surface area (Å²) in [7, 11) is 0. The third-order valence-corrected chi connectivity index (χ3v) is 6.97. The Morgan fingerprint density at radius 3 is 1.57 bits per heavy atom. The Morgan fingerprint density at radius 2 is 1.14 bits per heavy atom. The van der Waals surface area contributed by atoms with Gasteiger partial charge in [-0.25, -0.2) is 0 Å². The number of aliphatic hydroxyl groups is 9. The van der Waals surface area contributed by atoms with E-state index in [0.29, 0.717) is 13.0 Å². The van der Waals surface area contributed by atoms with Gasteiger partial charge < -0.3 is 50.7 Å². The lowest BCUT2D eigenvalue weighted by atomic mass is 9.63. The van der Waals surface area contributed by atoms with Gasteiger partial charge in [-0.2, -0.15) is 0 Å². The highest BCUT2D eigenvalue weighted by Gasteiger charge is 2.57. The molecule has 0 spiro atoms. The summed E-state index contributed by atoms with van der Waals surface area (Å²) in [6.07, 6.45) is 0.856. The first-order chi connectivity index (χ1) is 17.7. The minimum absolute atomic E-state index is 0.158. The van der Waals surface area contributed by atoms with Crippen LogP contribution in [0.3, 0.4) is 0 Å². The van der Waals surface area contributed by atoms with Gasteiger partial charge in [0, 0.05) is 24.3 Å². The first-order valence-corrected chi connectivity index (χ1v) is 13.1. The van der Waals surface area contributed by atoms with Crippen molar-refractivity contribution in [3.8, 4) is 0 Å². The molecule has 0 fully saturated rings. The topological polar surface area (TPSA) is 240 Å². The highest BCUT2D eigenvalue weighted by molar-refractivity contribution is 5.06. The Balaban J connectivity index is 5.42. The Hall–Kier alpha value is -1.09. The molecular weight excluding hydrogens is 490 g/mol. The van der Waals surface area contributed by atoms with Crippen LogP contribution in [-0.4, -0.2) is 122 Å². The van der Waals surface area contributed by atoms with Gasteiger partial charge in [-0.15, -0.1) is 0 Å². The Kier molecular flexibility index (Phi) is 20.2. The minimum Gasteiger partial charge on any atom is -0.395 e. The van der Waals surface area contributed by atoms with Gasteiger partial charge in [0.05, 0.1) is 69.0 Å². The summed E-state index contributed by atoms with van der Waals surface area (Å²) in [6, 6.07) is 0. The van der Waals surface area contributed by atoms with Crippen molar-refractivity contribution in [3.05, 3.63) is 10.4 Å². The Morgan fingerprint density at radius 1 is 0.676 bits per heavy atom. The van der Waals surface area contributed by atoms with Gasteiger partial charge in [-0.3, -0.25) is 0 Å². The zero-order valence-corrected chi connectivity index (χ0v) is 21.8. The lowest BCUT2D eigenvalue weighted by Crippen LogP contribution is -2.64. The Bertz CT molecular complexity index is 593. The number of azide groups is 1. The maximum Gasteiger partial charge on any atom is 0.100 e. The van der Waals surface area contributed by atoms with Gasteiger partial charge in [0.2, 0.25) is 0 Å². The fourth-order valence-corrected chi connectivity index (χ4v) is 4.70. The maximum atomic E-state index is 11.2. The lowest BCUT2D eigenvalue weighted by Gasteiger charge is -2.52. The third kappa shape index (κ3) is 12.5. The minimum atomic E-state index is -1.87. The van der Waals surface area contributed by atoms with Crippen molar-refractivity contribution in [3.63, 3.8) is 0 Å². The second-order valence-electron chi connectivity index (χ2n) is 9.78. The van der Waals surface area contributed by atoms with E-state index in [1.54, 1.807) is 0 Å². The smallest absolute Gasteiger partial charge is 0.100 e. The van der Waals surface area contributed by atoms with Crippen LogP contribution in [0.15, 0.2) is 5.11 Å². The molecule has 0 bridgehead atoms. The average Bonchev–Trinajstić information content (AvgIpc) is 2.90. The number of unbranched alkanes of at least 4 members (excludes halogenated alkanes) is 7. The maximum absolute atomic E-state index is 11.2. The number of rotatable bonds is 25. The molecule has 0 aliphatic rings. The van der Waals surface area contributed by atoms with Gasteiger partial charge in [-0.1, -0.05) is 50.1 Å². The fourth-order valence-electron chi connectivity index (χ4n) is 4.70. The molecule has 13 heteroatoms. The van der Waals surface area contributed by atoms with E-state index in [4.69, 9.17) is 10.3 Å². The van der Waals surface area contributed by atoms with Crippen LogP contribution in [0, 0.1) is 5.41 Å². The van der Waals surface area contributed by atoms with Gasteiger partial charge in [-0.05, 0) is 18.4 Å². The summed E-state index contributed by atoms with van der Waals surface area (Å²) >= 11 is 0. The largest absolute Gasteiger partial charge is 0.395 e. The van der Waals surface area contributed by atoms with Crippen molar-refractivity contribution in [1.82, 2.24) is 0 Å². The zero-order chi connectivity index (χ0) is 28.2. The first-order valence-electron chi connectivity index (χ1n) is 13.1. The molecule has 0 amide bonds. The molecule has 4 atom stereocenters. The van der Waals surface area contributed by atoms with E-state index in [9.17, 15) is 46.0 Å². The molecule has 9 N–H and O–H groups in total. The van der Waals surface area contributed by atoms with Crippen LogP contribution in [0.2, 0.25) is 0 Å². The monoisotopic (exact) mass is 539 g/mol. The first kappa shape index (κ1) is 35.9. The van der Waals surface area contributed by atoms with Crippen molar-refractivity contribution in [2.24, 2.45) is 10.5 Å². The summed E-state index contributed by atoms with van der Waals surface area (Å²) in [5.41, 5.74) is 4.56. The number of ether oxygens (including phenoxy) is 1. The fraction of sp³-hybridized carbons (Fsp3) is 1.00. The van der Waals surface area contributed by atoms with Crippen LogP contribution in [0.4, 0.5) is 0 Å². The van der Waals surface area contributed by atoms with Crippen LogP contribution in [0.1, 0.15) is 70.6 Å². The average molecular weight is 540 g/mol. The van der Waals surface area contributed by atoms with Crippen molar-refractivity contribution in [2.75, 3.05) is 46.2 Å². The van der Waals surface area contributed by atoms with E-state index in [-0.39, 0.29) is 6.42 Å². The number of aliphatic hydroxyl groups excluding tert-OH is 9. The lowest BCUT2D eigenvalue weighted by molar-refractivity contribution is -0.243. The molecule has 4 unspecified atom stereocenters. The van der Waals surface area contributed by atoms with Crippen LogP contribution >= 0.6 is 0 Å². The normalized spacial score (nSPS) is 17.0. The van der Waals surface area contributed by atoms with Gasteiger partial charge >= 0.3 is 0 Å². The van der Waals surface area contributed by atoms with Crippen molar-refractivity contribution < 1.29 is 50.7 Å². The highest BCUT2D eigenvalue weighted by Crippen LogP contribution is 2.46. The molecule has 0 aliphatic heterocycles. The van der Waals surface area contributed by atoms with E-state index in [2.05, 4.69) is 10.0 Å². The molecule has 0 saturated carbocycles. The van der Waals surface area contributed by atoms with Crippen LogP contribution in [0.5, 0.6) is 0 Å². The summed E-state index contributed by atoms with van der Waals surface area (Å²) in [6.45, 7) is -3.72. The summed E-state index contributed by atoms with van der Waals surface area (Å²) in [4.78, 5) is 2.72. The molecular formula is C24H49N3O10. The molecule has 37 heavy (non-hydrogen) atoms. The zero-order valence-electron chi connectivity index (χ0n) is 21.8. The molecule has 0 radical (unpaired) electrons. The molecule has 0 aromatic rings. The van der Waals surface area contributed by atoms with Gasteiger partial charge in [0.15, 0.2) is 0 Å². The van der Waals surface area contributed by atoms with Crippen molar-refractivity contribution in [2.45, 2.75) is 101 Å². The molecule has 0 saturated heterocycles. The van der Waals surface area contributed by atoms with Gasteiger partial charge in [0.1, 0.15) is 6.10 Å². The highest BCUT2D eigenvalue weighted by atomic mass is 16.5. The van der Waals surface area contributed by atoms with Crippen molar-refractivity contribution in [1.29, 1.82) is 0 Å². The van der Waals surface area contributed by atoms with E-state index in [1.807, 2.05) is 0 Å². The molecule has 0 aromatic carbocycles. The van der Waals surface area contributed by atoms with Crippen LogP contribution in [0.25, 0.3) is 10.4 Å². The number of nitrogens with zero attached hydrogens (tertiary/aromatic N) is 3. The van der Waals surface area contributed by atoms with Crippen molar-refractivity contribution >= 4 is 0 Å². The summed E-state index contributed by atoms with van der Waals surface area (Å²) < 4.78 is 5.84. The van der Waals surface area contributed by atoms with Gasteiger partial charge in [0.25, 0.3) is 0 Å². The summed E-state index contributed by atoms with van der Waals surface area (Å²) in [5.74, 6) is 0. The molecule has 13 nitrogen and oxygen atoms in total. The standard InChI is InChI=1S/C24H49N3O10/c25-27-26-10-8-6-4-2-1-3-5-7-9-22(36)23(17-31,18-32)24(11-19(33)13-28,12-20(34)14-29)37-16-21(35)15-30/h19-22,28-36H,1-18H2. The Labute approximate surface area is 219 Å². The van der Waals surface area contributed by atoms with E-state index < -0.39 is 87.9 Å². The third-order valence-electron chi connectivity index (χ3n) is 6.97. The van der Waals surface area contributed by atoms with Crippen LogP contribution in [-0.2, 0) is 4.74 Å². The van der Waals surface area contributed by atoms with E-state index in [1.165, 1.54) is 0 Å². The molecule has 0 aliphatic carbocycles. The second kappa shape index (κ2) is 20.8. The molecule has 0 rings (SSSR count). The van der Waals surface area contributed by atoms with E-state index in [0.717, 1.165) is 44.9 Å². The molecule has 0 heterocycles. The molecule has 0 aromatic heterocycles. The van der Waals surface area contributed by atoms with E-state index >= 15 is 0 Å². The number of hydrogen-bond acceptors (Lipinski definition) is 11. The van der Waals surface area contributed by atoms with Crippen LogP contribution < -0.4 is 0 Å². The predicted octanol–water partition coefficient (Wildman–Crippen LogP) is -0.265. The summed E-state index contributed by atoms with van der Waals surface area (Å²) in [5, 5.41) is 94.1. The SMILES string of the molecule is [N-]=[N+]=NCCCCCCCCCCC(O)C(CO)(CO)C(CC(O)CO)(CC(O)CO)OCC(O)CO. The second-order valence-corrected chi connectivity index (χ2v) is 9.78. The number of hydrogen-bond donors (Lipinski definition) is 9. The quantitative estimate of drug-likeness (QED) is 0.0318. The molecule has 220 valence electrons.